The van der Waals surface area contributed by atoms with Crippen molar-refractivity contribution in [1.29, 1.82) is 0 Å². The lowest BCUT2D eigenvalue weighted by Crippen LogP contribution is -2.30. The number of carbonyl (C=O) groups is 2. The summed E-state index contributed by atoms with van der Waals surface area (Å²) >= 11 is 0. The van der Waals surface area contributed by atoms with E-state index in [1.165, 1.54) is 0 Å². The second kappa shape index (κ2) is 5.25. The summed E-state index contributed by atoms with van der Waals surface area (Å²) in [5, 5.41) is 7.23. The van der Waals surface area contributed by atoms with Gasteiger partial charge in [-0.25, -0.2) is 0 Å². The van der Waals surface area contributed by atoms with Crippen molar-refractivity contribution >= 4 is 17.8 Å². The topological polar surface area (TPSA) is 91.0 Å². The number of aromatic amines is 1. The predicted octanol–water partition coefficient (Wildman–Crippen LogP) is 1.02. The summed E-state index contributed by atoms with van der Waals surface area (Å²) in [7, 11) is 0. The van der Waals surface area contributed by atoms with Gasteiger partial charge in [-0.2, -0.15) is 18.2 Å². The van der Waals surface area contributed by atoms with E-state index in [4.69, 9.17) is 0 Å². The molecule has 1 aliphatic heterocycles. The van der Waals surface area contributed by atoms with Crippen LogP contribution in [0.3, 0.4) is 0 Å². The van der Waals surface area contributed by atoms with Crippen molar-refractivity contribution in [3.63, 3.8) is 0 Å². The van der Waals surface area contributed by atoms with E-state index in [9.17, 15) is 22.8 Å². The fraction of sp³-hybridized carbons (Fsp3) is 0.667. The number of carbonyl (C=O) groups excluding carboxylic acids is 2. The molecule has 1 aromatic heterocycles. The Morgan fingerprint density at radius 2 is 2.14 bits per heavy atom. The monoisotopic (exact) mass is 317 g/mol. The maximum absolute atomic E-state index is 12.4. The van der Waals surface area contributed by atoms with Crippen LogP contribution in [-0.2, 0) is 15.8 Å². The SMILES string of the molecule is O=C(Nc1n[nH]c(C(F)(F)F)n1)[C@H]1CC(=O)N(CC2CC2)C1. The quantitative estimate of drug-likeness (QED) is 0.867. The molecule has 1 saturated heterocycles. The van der Waals surface area contributed by atoms with E-state index >= 15 is 0 Å². The summed E-state index contributed by atoms with van der Waals surface area (Å²) in [5.41, 5.74) is 0. The molecular formula is C12H14F3N5O2. The van der Waals surface area contributed by atoms with E-state index < -0.39 is 29.8 Å². The van der Waals surface area contributed by atoms with Crippen LogP contribution in [0.15, 0.2) is 0 Å². The summed E-state index contributed by atoms with van der Waals surface area (Å²) < 4.78 is 37.1. The Hall–Kier alpha value is -2.13. The zero-order chi connectivity index (χ0) is 15.9. The summed E-state index contributed by atoms with van der Waals surface area (Å²) in [6.45, 7) is 0.944. The normalized spacial score (nSPS) is 22.2. The molecule has 22 heavy (non-hydrogen) atoms. The summed E-state index contributed by atoms with van der Waals surface area (Å²) in [6, 6.07) is 0. The highest BCUT2D eigenvalue weighted by molar-refractivity contribution is 5.96. The molecule has 3 rings (SSSR count). The van der Waals surface area contributed by atoms with Gasteiger partial charge in [0, 0.05) is 19.5 Å². The molecular weight excluding hydrogens is 303 g/mol. The largest absolute Gasteiger partial charge is 0.451 e. The Kier molecular flexibility index (Phi) is 3.53. The van der Waals surface area contributed by atoms with Crippen LogP contribution in [0, 0.1) is 11.8 Å². The van der Waals surface area contributed by atoms with Gasteiger partial charge >= 0.3 is 6.18 Å². The first-order valence-corrected chi connectivity index (χ1v) is 6.91. The molecule has 0 unspecified atom stereocenters. The van der Waals surface area contributed by atoms with Gasteiger partial charge in [-0.3, -0.25) is 20.0 Å². The van der Waals surface area contributed by atoms with Gasteiger partial charge in [-0.05, 0) is 18.8 Å². The third kappa shape index (κ3) is 3.20. The number of hydrogen-bond acceptors (Lipinski definition) is 4. The molecule has 0 bridgehead atoms. The number of hydrogen-bond donors (Lipinski definition) is 2. The molecule has 1 saturated carbocycles. The molecule has 2 heterocycles. The van der Waals surface area contributed by atoms with Crippen LogP contribution in [0.5, 0.6) is 0 Å². The number of alkyl halides is 3. The molecule has 0 spiro atoms. The van der Waals surface area contributed by atoms with Gasteiger partial charge in [-0.15, -0.1) is 5.10 Å². The lowest BCUT2D eigenvalue weighted by Gasteiger charge is -2.15. The minimum absolute atomic E-state index is 0.0646. The Morgan fingerprint density at radius 3 is 2.73 bits per heavy atom. The van der Waals surface area contributed by atoms with Gasteiger partial charge in [-0.1, -0.05) is 0 Å². The Morgan fingerprint density at radius 1 is 1.41 bits per heavy atom. The van der Waals surface area contributed by atoms with Crippen LogP contribution in [0.4, 0.5) is 19.1 Å². The fourth-order valence-electron chi connectivity index (χ4n) is 2.39. The first kappa shape index (κ1) is 14.8. The second-order valence-electron chi connectivity index (χ2n) is 5.64. The molecule has 1 aromatic rings. The fourth-order valence-corrected chi connectivity index (χ4v) is 2.39. The maximum Gasteiger partial charge on any atom is 0.451 e. The van der Waals surface area contributed by atoms with Gasteiger partial charge < -0.3 is 4.90 Å². The van der Waals surface area contributed by atoms with Crippen molar-refractivity contribution in [2.24, 2.45) is 11.8 Å². The highest BCUT2D eigenvalue weighted by Gasteiger charge is 2.38. The summed E-state index contributed by atoms with van der Waals surface area (Å²) in [6.07, 6.45) is -2.40. The van der Waals surface area contributed by atoms with Crippen LogP contribution in [0.25, 0.3) is 0 Å². The molecule has 10 heteroatoms. The Bertz CT molecular complexity index is 596. The van der Waals surface area contributed by atoms with E-state index in [1.807, 2.05) is 0 Å². The van der Waals surface area contributed by atoms with Crippen molar-refractivity contribution in [2.75, 3.05) is 18.4 Å². The van der Waals surface area contributed by atoms with E-state index in [0.717, 1.165) is 12.8 Å². The molecule has 120 valence electrons. The standard InChI is InChI=1S/C12H14F3N5O2/c13-12(14,15)10-17-11(19-18-10)16-9(22)7-3-8(21)20(5-7)4-6-1-2-6/h6-7H,1-5H2,(H2,16,17,18,19,22)/t7-/m0/s1. The average molecular weight is 317 g/mol. The zero-order valence-corrected chi connectivity index (χ0v) is 11.5. The Balaban J connectivity index is 1.58. The molecule has 1 aliphatic carbocycles. The second-order valence-corrected chi connectivity index (χ2v) is 5.64. The first-order valence-electron chi connectivity index (χ1n) is 6.91. The third-order valence-corrected chi connectivity index (χ3v) is 3.75. The molecule has 2 aliphatic rings. The third-order valence-electron chi connectivity index (χ3n) is 3.75. The molecule has 1 atom stereocenters. The van der Waals surface area contributed by atoms with Crippen LogP contribution in [0.2, 0.25) is 0 Å². The number of anilines is 1. The lowest BCUT2D eigenvalue weighted by atomic mass is 10.1. The van der Waals surface area contributed by atoms with Crippen LogP contribution in [0.1, 0.15) is 25.1 Å². The Labute approximate surface area is 123 Å². The number of aromatic nitrogens is 3. The van der Waals surface area contributed by atoms with Crippen LogP contribution >= 0.6 is 0 Å². The van der Waals surface area contributed by atoms with Crippen molar-refractivity contribution in [2.45, 2.75) is 25.4 Å². The van der Waals surface area contributed by atoms with Crippen molar-refractivity contribution in [1.82, 2.24) is 20.1 Å². The first-order chi connectivity index (χ1) is 10.3. The van der Waals surface area contributed by atoms with Gasteiger partial charge in [0.1, 0.15) is 0 Å². The van der Waals surface area contributed by atoms with E-state index in [0.29, 0.717) is 12.5 Å². The van der Waals surface area contributed by atoms with E-state index in [-0.39, 0.29) is 18.9 Å². The van der Waals surface area contributed by atoms with Crippen molar-refractivity contribution in [3.05, 3.63) is 5.82 Å². The average Bonchev–Trinajstić information content (AvgIpc) is 2.96. The minimum atomic E-state index is -4.65. The molecule has 7 nitrogen and oxygen atoms in total. The number of rotatable bonds is 4. The lowest BCUT2D eigenvalue weighted by molar-refractivity contribution is -0.144. The van der Waals surface area contributed by atoms with Crippen LogP contribution < -0.4 is 5.32 Å². The van der Waals surface area contributed by atoms with Gasteiger partial charge in [0.15, 0.2) is 0 Å². The van der Waals surface area contributed by atoms with Crippen molar-refractivity contribution < 1.29 is 22.8 Å². The maximum atomic E-state index is 12.4. The van der Waals surface area contributed by atoms with E-state index in [2.05, 4.69) is 15.4 Å². The predicted molar refractivity (Wildman–Crippen MR) is 67.4 cm³/mol. The zero-order valence-electron chi connectivity index (χ0n) is 11.5. The van der Waals surface area contributed by atoms with E-state index in [1.54, 1.807) is 10.00 Å². The van der Waals surface area contributed by atoms with Gasteiger partial charge in [0.2, 0.25) is 23.6 Å². The summed E-state index contributed by atoms with van der Waals surface area (Å²) in [5.74, 6) is -2.42. The molecule has 2 fully saturated rings. The number of amides is 2. The molecule has 2 amide bonds. The molecule has 0 radical (unpaired) electrons. The number of H-pyrrole nitrogens is 1. The van der Waals surface area contributed by atoms with Crippen molar-refractivity contribution in [3.8, 4) is 0 Å². The highest BCUT2D eigenvalue weighted by atomic mass is 19.4. The molecule has 0 aromatic carbocycles. The smallest absolute Gasteiger partial charge is 0.342 e. The van der Waals surface area contributed by atoms with Gasteiger partial charge in [0.05, 0.1) is 5.92 Å². The summed E-state index contributed by atoms with van der Waals surface area (Å²) in [4.78, 5) is 28.6. The number of likely N-dealkylation sites (tertiary alicyclic amines) is 1. The molecule has 2 N–H and O–H groups in total. The number of nitrogens with one attached hydrogen (secondary N) is 2. The number of nitrogens with zero attached hydrogens (tertiary/aromatic N) is 3. The minimum Gasteiger partial charge on any atom is -0.342 e. The highest BCUT2D eigenvalue weighted by Crippen LogP contribution is 2.32. The van der Waals surface area contributed by atoms with Gasteiger partial charge in [0.25, 0.3) is 0 Å². The number of halogens is 3. The van der Waals surface area contributed by atoms with Crippen LogP contribution in [-0.4, -0.2) is 45.0 Å².